The summed E-state index contributed by atoms with van der Waals surface area (Å²) in [6, 6.07) is 26.0. The molecule has 4 nitrogen and oxygen atoms in total. The van der Waals surface area contributed by atoms with Crippen molar-refractivity contribution < 1.29 is 14.3 Å². The summed E-state index contributed by atoms with van der Waals surface area (Å²) in [7, 11) is 2.05. The number of nitrogens with zero attached hydrogens (tertiary/aromatic N) is 1. The van der Waals surface area contributed by atoms with Gasteiger partial charge in [0, 0.05) is 36.5 Å². The molecule has 0 N–H and O–H groups in total. The second-order valence-corrected chi connectivity index (χ2v) is 8.07. The van der Waals surface area contributed by atoms with E-state index in [4.69, 9.17) is 9.47 Å². The van der Waals surface area contributed by atoms with Crippen LogP contribution in [0.5, 0.6) is 11.5 Å². The normalized spacial score (nSPS) is 18.2. The minimum atomic E-state index is -1.04. The Hall–Kier alpha value is -3.79. The topological polar surface area (TPSA) is 38.8 Å². The van der Waals surface area contributed by atoms with Gasteiger partial charge < -0.3 is 14.4 Å². The second-order valence-electron chi connectivity index (χ2n) is 8.07. The molecule has 31 heavy (non-hydrogen) atoms. The fraction of sp³-hybridized carbons (Fsp3) is 0.148. The molecule has 4 aromatic rings. The SMILES string of the molecule is CCN(C)c1ccc2c(c1)Oc1ccc3ccccc3c1C21OC(=O)c2ccccc21. The molecule has 0 radical (unpaired) electrons. The molecule has 1 atom stereocenters. The first kappa shape index (κ1) is 18.0. The van der Waals surface area contributed by atoms with Crippen molar-refractivity contribution in [1.82, 2.24) is 0 Å². The van der Waals surface area contributed by atoms with Gasteiger partial charge in [0.25, 0.3) is 0 Å². The highest BCUT2D eigenvalue weighted by Gasteiger charge is 2.54. The van der Waals surface area contributed by atoms with Gasteiger partial charge in [-0.2, -0.15) is 0 Å². The number of anilines is 1. The summed E-state index contributed by atoms with van der Waals surface area (Å²) in [5.41, 5.74) is 3.21. The van der Waals surface area contributed by atoms with E-state index in [-0.39, 0.29) is 5.97 Å². The molecular weight excluding hydrogens is 386 g/mol. The molecule has 0 saturated carbocycles. The zero-order chi connectivity index (χ0) is 21.2. The highest BCUT2D eigenvalue weighted by atomic mass is 16.6. The van der Waals surface area contributed by atoms with E-state index in [0.29, 0.717) is 17.1 Å². The number of hydrogen-bond donors (Lipinski definition) is 0. The summed E-state index contributed by atoms with van der Waals surface area (Å²) in [6.07, 6.45) is 0. The van der Waals surface area contributed by atoms with Gasteiger partial charge in [0.15, 0.2) is 5.60 Å². The van der Waals surface area contributed by atoms with Crippen LogP contribution in [0.25, 0.3) is 10.8 Å². The first-order chi connectivity index (χ1) is 15.1. The molecule has 0 fully saturated rings. The minimum Gasteiger partial charge on any atom is -0.456 e. The Morgan fingerprint density at radius 3 is 2.55 bits per heavy atom. The summed E-state index contributed by atoms with van der Waals surface area (Å²) in [6.45, 7) is 2.99. The maximum atomic E-state index is 13.0. The van der Waals surface area contributed by atoms with Gasteiger partial charge in [-0.1, -0.05) is 48.5 Å². The van der Waals surface area contributed by atoms with E-state index in [2.05, 4.69) is 36.1 Å². The Kier molecular flexibility index (Phi) is 3.69. The third kappa shape index (κ3) is 2.33. The van der Waals surface area contributed by atoms with E-state index in [1.807, 2.05) is 61.6 Å². The van der Waals surface area contributed by atoms with E-state index in [0.717, 1.165) is 39.7 Å². The minimum absolute atomic E-state index is 0.308. The number of benzene rings is 4. The van der Waals surface area contributed by atoms with Crippen LogP contribution in [0.3, 0.4) is 0 Å². The van der Waals surface area contributed by atoms with Crippen LogP contribution in [-0.4, -0.2) is 19.6 Å². The van der Waals surface area contributed by atoms with Gasteiger partial charge in [0.05, 0.1) is 11.1 Å². The molecule has 0 saturated heterocycles. The standard InChI is InChI=1S/C27H21NO3/c1-3-28(2)18-13-14-22-24(16-18)30-23-15-12-17-8-4-5-9-19(17)25(23)27(22)21-11-7-6-10-20(21)26(29)31-27/h4-16H,3H2,1-2H3. The number of ether oxygens (including phenoxy) is 2. The van der Waals surface area contributed by atoms with Gasteiger partial charge in [-0.3, -0.25) is 0 Å². The quantitative estimate of drug-likeness (QED) is 0.390. The fourth-order valence-corrected chi connectivity index (χ4v) is 4.86. The van der Waals surface area contributed by atoms with Gasteiger partial charge in [-0.15, -0.1) is 0 Å². The van der Waals surface area contributed by atoms with E-state index in [1.165, 1.54) is 0 Å². The molecule has 2 aliphatic heterocycles. The lowest BCUT2D eigenvalue weighted by Gasteiger charge is -2.37. The van der Waals surface area contributed by atoms with Gasteiger partial charge in [0.2, 0.25) is 0 Å². The van der Waals surface area contributed by atoms with Gasteiger partial charge >= 0.3 is 5.97 Å². The molecule has 2 aliphatic rings. The summed E-state index contributed by atoms with van der Waals surface area (Å²) in [4.78, 5) is 15.2. The second kappa shape index (κ2) is 6.35. The molecule has 4 heteroatoms. The van der Waals surface area contributed by atoms with Crippen molar-refractivity contribution in [3.63, 3.8) is 0 Å². The van der Waals surface area contributed by atoms with Crippen LogP contribution in [0.2, 0.25) is 0 Å². The number of rotatable bonds is 2. The molecule has 152 valence electrons. The van der Waals surface area contributed by atoms with Crippen LogP contribution in [0.1, 0.15) is 34.0 Å². The van der Waals surface area contributed by atoms with Crippen molar-refractivity contribution in [2.75, 3.05) is 18.5 Å². The van der Waals surface area contributed by atoms with Crippen molar-refractivity contribution in [2.24, 2.45) is 0 Å². The van der Waals surface area contributed by atoms with Crippen LogP contribution in [-0.2, 0) is 10.3 Å². The lowest BCUT2D eigenvalue weighted by atomic mass is 9.76. The third-order valence-electron chi connectivity index (χ3n) is 6.49. The third-order valence-corrected chi connectivity index (χ3v) is 6.49. The summed E-state index contributed by atoms with van der Waals surface area (Å²) < 4.78 is 12.8. The fourth-order valence-electron chi connectivity index (χ4n) is 4.86. The molecule has 1 spiro atoms. The summed E-state index contributed by atoms with van der Waals surface area (Å²) in [5, 5.41) is 2.10. The van der Waals surface area contributed by atoms with Crippen molar-refractivity contribution >= 4 is 22.4 Å². The van der Waals surface area contributed by atoms with Gasteiger partial charge in [-0.05, 0) is 42.0 Å². The molecule has 1 unspecified atom stereocenters. The molecule has 0 amide bonds. The van der Waals surface area contributed by atoms with Crippen LogP contribution in [0.15, 0.2) is 78.9 Å². The zero-order valence-corrected chi connectivity index (χ0v) is 17.4. The number of esters is 1. The molecule has 4 aromatic carbocycles. The zero-order valence-electron chi connectivity index (χ0n) is 17.4. The van der Waals surface area contributed by atoms with E-state index in [1.54, 1.807) is 0 Å². The highest BCUT2D eigenvalue weighted by Crippen LogP contribution is 2.58. The van der Waals surface area contributed by atoms with Crippen molar-refractivity contribution in [3.05, 3.63) is 101 Å². The number of carbonyl (C=O) groups is 1. The Balaban J connectivity index is 1.73. The van der Waals surface area contributed by atoms with E-state index >= 15 is 0 Å². The average molecular weight is 407 g/mol. The lowest BCUT2D eigenvalue weighted by Crippen LogP contribution is -2.33. The van der Waals surface area contributed by atoms with Crippen molar-refractivity contribution in [2.45, 2.75) is 12.5 Å². The van der Waals surface area contributed by atoms with Crippen molar-refractivity contribution in [3.8, 4) is 11.5 Å². The monoisotopic (exact) mass is 407 g/mol. The molecule has 0 aliphatic carbocycles. The first-order valence-electron chi connectivity index (χ1n) is 10.5. The summed E-state index contributed by atoms with van der Waals surface area (Å²) >= 11 is 0. The van der Waals surface area contributed by atoms with Gasteiger partial charge in [-0.25, -0.2) is 4.79 Å². The Morgan fingerprint density at radius 1 is 0.871 bits per heavy atom. The average Bonchev–Trinajstić information content (AvgIpc) is 3.11. The predicted molar refractivity (Wildman–Crippen MR) is 121 cm³/mol. The maximum Gasteiger partial charge on any atom is 0.340 e. The van der Waals surface area contributed by atoms with Crippen LogP contribution < -0.4 is 9.64 Å². The predicted octanol–water partition coefficient (Wildman–Crippen LogP) is 5.86. The smallest absolute Gasteiger partial charge is 0.340 e. The molecule has 0 bridgehead atoms. The molecule has 6 rings (SSSR count). The molecular formula is C27H21NO3. The van der Waals surface area contributed by atoms with Crippen LogP contribution in [0.4, 0.5) is 5.69 Å². The first-order valence-corrected chi connectivity index (χ1v) is 10.5. The Labute approximate surface area is 180 Å². The number of fused-ring (bicyclic) bond motifs is 8. The van der Waals surface area contributed by atoms with Crippen LogP contribution >= 0.6 is 0 Å². The van der Waals surface area contributed by atoms with Crippen molar-refractivity contribution in [1.29, 1.82) is 0 Å². The highest BCUT2D eigenvalue weighted by molar-refractivity contribution is 6.00. The van der Waals surface area contributed by atoms with E-state index < -0.39 is 5.60 Å². The van der Waals surface area contributed by atoms with Gasteiger partial charge in [0.1, 0.15) is 11.5 Å². The summed E-state index contributed by atoms with van der Waals surface area (Å²) in [5.74, 6) is 1.12. The Bertz CT molecular complexity index is 1380. The number of hydrogen-bond acceptors (Lipinski definition) is 4. The largest absolute Gasteiger partial charge is 0.456 e. The maximum absolute atomic E-state index is 13.0. The number of carbonyl (C=O) groups excluding carboxylic acids is 1. The molecule has 2 heterocycles. The lowest BCUT2D eigenvalue weighted by molar-refractivity contribution is 0.0229. The van der Waals surface area contributed by atoms with Crippen LogP contribution in [0, 0.1) is 0 Å². The molecule has 0 aromatic heterocycles. The Morgan fingerprint density at radius 2 is 1.68 bits per heavy atom. The van der Waals surface area contributed by atoms with E-state index in [9.17, 15) is 4.79 Å².